The summed E-state index contributed by atoms with van der Waals surface area (Å²) in [6.45, 7) is 3.80. The van der Waals surface area contributed by atoms with E-state index >= 15 is 0 Å². The molecular weight excluding hydrogens is 228 g/mol. The number of fused-ring (bicyclic) bond motifs is 1. The lowest BCUT2D eigenvalue weighted by atomic mass is 9.66. The standard InChI is InChI=1S/C15H24O3/c1-11(16)18-13-8-9-15(2)12(10-13)6-4-5-7-14(15)17-3/h10,12,14H,4-9H2,1-3H3/t12-,14+,15-/m0/s1. The predicted molar refractivity (Wildman–Crippen MR) is 69.9 cm³/mol. The van der Waals surface area contributed by atoms with Gasteiger partial charge < -0.3 is 9.47 Å². The highest BCUT2D eigenvalue weighted by Crippen LogP contribution is 2.49. The Morgan fingerprint density at radius 2 is 2.11 bits per heavy atom. The normalized spacial score (nSPS) is 36.3. The number of carbonyl (C=O) groups excluding carboxylic acids is 1. The molecule has 0 saturated heterocycles. The van der Waals surface area contributed by atoms with Crippen molar-refractivity contribution in [1.82, 2.24) is 0 Å². The smallest absolute Gasteiger partial charge is 0.307 e. The third kappa shape index (κ3) is 2.61. The number of hydrogen-bond acceptors (Lipinski definition) is 3. The zero-order valence-corrected chi connectivity index (χ0v) is 11.7. The predicted octanol–water partition coefficient (Wildman–Crippen LogP) is 3.44. The number of ether oxygens (including phenoxy) is 2. The molecule has 2 rings (SSSR count). The van der Waals surface area contributed by atoms with E-state index in [1.54, 1.807) is 0 Å². The second-order valence-corrected chi connectivity index (χ2v) is 5.85. The molecule has 0 bridgehead atoms. The Kier molecular flexibility index (Phi) is 4.10. The van der Waals surface area contributed by atoms with Gasteiger partial charge >= 0.3 is 5.97 Å². The minimum absolute atomic E-state index is 0.203. The van der Waals surface area contributed by atoms with Crippen LogP contribution in [0.1, 0.15) is 52.4 Å². The Balaban J connectivity index is 2.20. The second-order valence-electron chi connectivity index (χ2n) is 5.85. The molecule has 102 valence electrons. The van der Waals surface area contributed by atoms with Crippen LogP contribution < -0.4 is 0 Å². The maximum atomic E-state index is 11.1. The van der Waals surface area contributed by atoms with Gasteiger partial charge in [-0.1, -0.05) is 19.8 Å². The highest BCUT2D eigenvalue weighted by molar-refractivity contribution is 5.67. The molecule has 3 atom stereocenters. The molecular formula is C15H24O3. The van der Waals surface area contributed by atoms with Gasteiger partial charge in [-0.25, -0.2) is 0 Å². The van der Waals surface area contributed by atoms with Crippen molar-refractivity contribution in [3.05, 3.63) is 11.8 Å². The van der Waals surface area contributed by atoms with Crippen LogP contribution in [0.4, 0.5) is 0 Å². The van der Waals surface area contributed by atoms with Crippen molar-refractivity contribution >= 4 is 5.97 Å². The number of allylic oxidation sites excluding steroid dienone is 2. The molecule has 3 heteroatoms. The van der Waals surface area contributed by atoms with Gasteiger partial charge in [0, 0.05) is 25.9 Å². The molecule has 0 aromatic rings. The molecule has 1 saturated carbocycles. The molecule has 1 fully saturated rings. The van der Waals surface area contributed by atoms with Gasteiger partial charge in [-0.05, 0) is 31.3 Å². The first-order valence-electron chi connectivity index (χ1n) is 6.98. The zero-order chi connectivity index (χ0) is 13.2. The van der Waals surface area contributed by atoms with E-state index in [4.69, 9.17) is 9.47 Å². The first-order valence-corrected chi connectivity index (χ1v) is 6.98. The molecule has 2 aliphatic rings. The number of hydrogen-bond donors (Lipinski definition) is 0. The minimum Gasteiger partial charge on any atom is -0.432 e. The average Bonchev–Trinajstić information content (AvgIpc) is 2.47. The second kappa shape index (κ2) is 5.43. The van der Waals surface area contributed by atoms with Crippen molar-refractivity contribution < 1.29 is 14.3 Å². The largest absolute Gasteiger partial charge is 0.432 e. The number of rotatable bonds is 2. The molecule has 0 aliphatic heterocycles. The van der Waals surface area contributed by atoms with Gasteiger partial charge in [0.25, 0.3) is 0 Å². The minimum atomic E-state index is -0.207. The summed E-state index contributed by atoms with van der Waals surface area (Å²) < 4.78 is 11.0. The van der Waals surface area contributed by atoms with Crippen LogP contribution in [0.25, 0.3) is 0 Å². The fraction of sp³-hybridized carbons (Fsp3) is 0.800. The Labute approximate surface area is 110 Å². The van der Waals surface area contributed by atoms with Crippen molar-refractivity contribution in [3.63, 3.8) is 0 Å². The highest BCUT2D eigenvalue weighted by Gasteiger charge is 2.44. The van der Waals surface area contributed by atoms with E-state index in [0.717, 1.165) is 25.0 Å². The summed E-state index contributed by atoms with van der Waals surface area (Å²) >= 11 is 0. The van der Waals surface area contributed by atoms with E-state index < -0.39 is 0 Å². The van der Waals surface area contributed by atoms with Crippen LogP contribution in [0.2, 0.25) is 0 Å². The van der Waals surface area contributed by atoms with Gasteiger partial charge in [0.1, 0.15) is 5.76 Å². The number of carbonyl (C=O) groups is 1. The third-order valence-corrected chi connectivity index (χ3v) is 4.67. The van der Waals surface area contributed by atoms with Crippen LogP contribution in [0.3, 0.4) is 0 Å². The van der Waals surface area contributed by atoms with Crippen LogP contribution in [-0.4, -0.2) is 19.2 Å². The molecule has 0 heterocycles. The SMILES string of the molecule is CO[C@@H]1CCCC[C@H]2C=C(OC(C)=O)CC[C@@]21C. The van der Waals surface area contributed by atoms with Crippen LogP contribution in [0.5, 0.6) is 0 Å². The molecule has 0 amide bonds. The fourth-order valence-corrected chi connectivity index (χ4v) is 3.57. The lowest BCUT2D eigenvalue weighted by molar-refractivity contribution is -0.137. The summed E-state index contributed by atoms with van der Waals surface area (Å²) in [6.07, 6.45) is 9.23. The van der Waals surface area contributed by atoms with Gasteiger partial charge in [-0.2, -0.15) is 0 Å². The molecule has 18 heavy (non-hydrogen) atoms. The monoisotopic (exact) mass is 252 g/mol. The zero-order valence-electron chi connectivity index (χ0n) is 11.7. The van der Waals surface area contributed by atoms with Crippen molar-refractivity contribution in [1.29, 1.82) is 0 Å². The van der Waals surface area contributed by atoms with Crippen molar-refractivity contribution in [2.24, 2.45) is 11.3 Å². The van der Waals surface area contributed by atoms with E-state index in [0.29, 0.717) is 12.0 Å². The molecule has 2 aliphatic carbocycles. The number of esters is 1. The van der Waals surface area contributed by atoms with Gasteiger partial charge in [0.15, 0.2) is 0 Å². The van der Waals surface area contributed by atoms with Crippen LogP contribution in [0.15, 0.2) is 11.8 Å². The molecule has 0 spiro atoms. The highest BCUT2D eigenvalue weighted by atomic mass is 16.5. The maximum Gasteiger partial charge on any atom is 0.307 e. The summed E-state index contributed by atoms with van der Waals surface area (Å²) in [5, 5.41) is 0. The topological polar surface area (TPSA) is 35.5 Å². The van der Waals surface area contributed by atoms with E-state index in [9.17, 15) is 4.79 Å². The van der Waals surface area contributed by atoms with E-state index in [2.05, 4.69) is 13.0 Å². The van der Waals surface area contributed by atoms with Gasteiger partial charge in [-0.15, -0.1) is 0 Å². The van der Waals surface area contributed by atoms with E-state index in [1.807, 2.05) is 7.11 Å². The van der Waals surface area contributed by atoms with E-state index in [-0.39, 0.29) is 11.4 Å². The summed E-state index contributed by atoms with van der Waals surface area (Å²) in [6, 6.07) is 0. The molecule has 0 radical (unpaired) electrons. The Morgan fingerprint density at radius 3 is 2.78 bits per heavy atom. The van der Waals surface area contributed by atoms with Crippen molar-refractivity contribution in [2.45, 2.75) is 58.5 Å². The first-order chi connectivity index (χ1) is 8.56. The lowest BCUT2D eigenvalue weighted by Crippen LogP contribution is -2.40. The summed E-state index contributed by atoms with van der Waals surface area (Å²) in [7, 11) is 1.82. The van der Waals surface area contributed by atoms with Crippen LogP contribution in [-0.2, 0) is 14.3 Å². The van der Waals surface area contributed by atoms with Gasteiger partial charge in [-0.3, -0.25) is 4.79 Å². The number of methoxy groups -OCH3 is 1. The third-order valence-electron chi connectivity index (χ3n) is 4.67. The average molecular weight is 252 g/mol. The summed E-state index contributed by atoms with van der Waals surface area (Å²) in [5.41, 5.74) is 0.203. The molecule has 0 unspecified atom stereocenters. The van der Waals surface area contributed by atoms with Gasteiger partial charge in [0.05, 0.1) is 6.10 Å². The Hall–Kier alpha value is -0.830. The van der Waals surface area contributed by atoms with Crippen molar-refractivity contribution in [2.75, 3.05) is 7.11 Å². The molecule has 3 nitrogen and oxygen atoms in total. The van der Waals surface area contributed by atoms with Crippen molar-refractivity contribution in [3.8, 4) is 0 Å². The Bertz CT molecular complexity index is 348. The summed E-state index contributed by atoms with van der Waals surface area (Å²) in [4.78, 5) is 11.1. The van der Waals surface area contributed by atoms with Crippen LogP contribution >= 0.6 is 0 Å². The molecule has 0 aromatic heterocycles. The van der Waals surface area contributed by atoms with Gasteiger partial charge in [0.2, 0.25) is 0 Å². The first kappa shape index (κ1) is 13.6. The maximum absolute atomic E-state index is 11.1. The lowest BCUT2D eigenvalue weighted by Gasteiger charge is -2.43. The fourth-order valence-electron chi connectivity index (χ4n) is 3.57. The van der Waals surface area contributed by atoms with Crippen LogP contribution in [0, 0.1) is 11.3 Å². The molecule has 0 aromatic carbocycles. The quantitative estimate of drug-likeness (QED) is 0.706. The molecule has 0 N–H and O–H groups in total. The van der Waals surface area contributed by atoms with E-state index in [1.165, 1.54) is 26.2 Å². The Morgan fingerprint density at radius 1 is 1.39 bits per heavy atom. The summed E-state index contributed by atoms with van der Waals surface area (Å²) in [5.74, 6) is 1.14.